The van der Waals surface area contributed by atoms with Gasteiger partial charge in [0.15, 0.2) is 11.5 Å². The van der Waals surface area contributed by atoms with Crippen molar-refractivity contribution < 1.29 is 0 Å². The van der Waals surface area contributed by atoms with Gasteiger partial charge in [-0.15, -0.1) is 26.6 Å². The van der Waals surface area contributed by atoms with Gasteiger partial charge in [0.05, 0.1) is 6.04 Å². The second kappa shape index (κ2) is 6.59. The Morgan fingerprint density at radius 3 is 2.77 bits per heavy atom. The standard InChI is InChI=1S/C18H25N7S/c1-12(16-19-7-8-26-16)20-9-13-10-24(11-13)15-6-5-14-21-22-17(18(2,3)4)25(14)23-15/h5-8,12-13,20H,9-11H2,1-4H3. The SMILES string of the molecule is CC(NCC1CN(c2ccc3nnc(C(C)(C)C)n3n2)C1)c1nccs1. The zero-order chi connectivity index (χ0) is 18.3. The molecule has 7 nitrogen and oxygen atoms in total. The van der Waals surface area contributed by atoms with Gasteiger partial charge in [0, 0.05) is 42.5 Å². The molecule has 0 aliphatic carbocycles. The molecule has 1 unspecified atom stereocenters. The molecule has 4 rings (SSSR count). The summed E-state index contributed by atoms with van der Waals surface area (Å²) in [5.74, 6) is 2.52. The van der Waals surface area contributed by atoms with E-state index in [-0.39, 0.29) is 5.41 Å². The molecule has 138 valence electrons. The number of rotatable bonds is 5. The molecule has 3 aromatic heterocycles. The van der Waals surface area contributed by atoms with Crippen molar-refractivity contribution in [3.05, 3.63) is 34.5 Å². The molecule has 1 aliphatic rings. The smallest absolute Gasteiger partial charge is 0.178 e. The van der Waals surface area contributed by atoms with E-state index in [4.69, 9.17) is 5.10 Å². The Bertz CT molecular complexity index is 875. The molecule has 1 atom stereocenters. The van der Waals surface area contributed by atoms with Crippen LogP contribution < -0.4 is 10.2 Å². The molecule has 4 heterocycles. The van der Waals surface area contributed by atoms with Gasteiger partial charge >= 0.3 is 0 Å². The highest BCUT2D eigenvalue weighted by atomic mass is 32.1. The third kappa shape index (κ3) is 3.31. The highest BCUT2D eigenvalue weighted by Crippen LogP contribution is 2.25. The Labute approximate surface area is 157 Å². The van der Waals surface area contributed by atoms with Gasteiger partial charge in [-0.05, 0) is 19.1 Å². The van der Waals surface area contributed by atoms with Crippen LogP contribution >= 0.6 is 11.3 Å². The minimum Gasteiger partial charge on any atom is -0.354 e. The largest absolute Gasteiger partial charge is 0.354 e. The summed E-state index contributed by atoms with van der Waals surface area (Å²) >= 11 is 1.70. The number of fused-ring (bicyclic) bond motifs is 1. The molecule has 0 radical (unpaired) electrons. The molecule has 8 heteroatoms. The fraction of sp³-hybridized carbons (Fsp3) is 0.556. The lowest BCUT2D eigenvalue weighted by atomic mass is 9.96. The van der Waals surface area contributed by atoms with Crippen LogP contribution in [0.2, 0.25) is 0 Å². The first kappa shape index (κ1) is 17.4. The Kier molecular flexibility index (Phi) is 4.40. The zero-order valence-electron chi connectivity index (χ0n) is 15.7. The first-order valence-electron chi connectivity index (χ1n) is 9.02. The topological polar surface area (TPSA) is 71.2 Å². The lowest BCUT2D eigenvalue weighted by Crippen LogP contribution is -2.51. The molecule has 0 bridgehead atoms. The Balaban J connectivity index is 1.38. The number of nitrogens with one attached hydrogen (secondary N) is 1. The van der Waals surface area contributed by atoms with E-state index in [2.05, 4.69) is 53.1 Å². The van der Waals surface area contributed by atoms with Gasteiger partial charge in [0.2, 0.25) is 0 Å². The number of thiazole rings is 1. The van der Waals surface area contributed by atoms with Crippen molar-refractivity contribution in [2.24, 2.45) is 5.92 Å². The van der Waals surface area contributed by atoms with E-state index in [1.807, 2.05) is 28.2 Å². The van der Waals surface area contributed by atoms with Crippen molar-refractivity contribution in [1.29, 1.82) is 0 Å². The van der Waals surface area contributed by atoms with Gasteiger partial charge in [-0.25, -0.2) is 4.98 Å². The summed E-state index contributed by atoms with van der Waals surface area (Å²) < 4.78 is 1.88. The van der Waals surface area contributed by atoms with E-state index in [1.54, 1.807) is 11.3 Å². The minimum atomic E-state index is -0.0849. The van der Waals surface area contributed by atoms with Crippen molar-refractivity contribution in [1.82, 2.24) is 30.1 Å². The third-order valence-electron chi connectivity index (χ3n) is 4.74. The summed E-state index contributed by atoms with van der Waals surface area (Å²) in [6, 6.07) is 4.35. The highest BCUT2D eigenvalue weighted by molar-refractivity contribution is 7.09. The first-order valence-corrected chi connectivity index (χ1v) is 9.90. The van der Waals surface area contributed by atoms with Crippen molar-refractivity contribution in [2.75, 3.05) is 24.5 Å². The van der Waals surface area contributed by atoms with Crippen LogP contribution in [0.25, 0.3) is 5.65 Å². The lowest BCUT2D eigenvalue weighted by Gasteiger charge is -2.40. The molecule has 3 aromatic rings. The van der Waals surface area contributed by atoms with Crippen molar-refractivity contribution in [3.63, 3.8) is 0 Å². The fourth-order valence-electron chi connectivity index (χ4n) is 3.18. The van der Waals surface area contributed by atoms with Gasteiger partial charge in [0.25, 0.3) is 0 Å². The van der Waals surface area contributed by atoms with Gasteiger partial charge in [-0.3, -0.25) is 0 Å². The quantitative estimate of drug-likeness (QED) is 0.743. The number of nitrogens with zero attached hydrogens (tertiary/aromatic N) is 6. The van der Waals surface area contributed by atoms with E-state index >= 15 is 0 Å². The average molecular weight is 372 g/mol. The average Bonchev–Trinajstić information content (AvgIpc) is 3.21. The zero-order valence-corrected chi connectivity index (χ0v) is 16.5. The van der Waals surface area contributed by atoms with Crippen molar-refractivity contribution in [3.8, 4) is 0 Å². The van der Waals surface area contributed by atoms with Crippen LogP contribution in [0.1, 0.15) is 44.6 Å². The molecule has 1 aliphatic heterocycles. The third-order valence-corrected chi connectivity index (χ3v) is 5.69. The van der Waals surface area contributed by atoms with Gasteiger partial charge in [-0.2, -0.15) is 4.52 Å². The number of aromatic nitrogens is 5. The molecule has 1 saturated heterocycles. The van der Waals surface area contributed by atoms with Crippen LogP contribution in [0, 0.1) is 5.92 Å². The first-order chi connectivity index (χ1) is 12.4. The Morgan fingerprint density at radius 1 is 1.27 bits per heavy atom. The number of hydrogen-bond donors (Lipinski definition) is 1. The maximum Gasteiger partial charge on any atom is 0.178 e. The summed E-state index contributed by atoms with van der Waals surface area (Å²) in [6.07, 6.45) is 1.86. The number of hydrogen-bond acceptors (Lipinski definition) is 7. The Hall–Kier alpha value is -2.06. The summed E-state index contributed by atoms with van der Waals surface area (Å²) in [5, 5.41) is 20.1. The van der Waals surface area contributed by atoms with E-state index in [9.17, 15) is 0 Å². The second-order valence-electron chi connectivity index (χ2n) is 8.01. The van der Waals surface area contributed by atoms with Gasteiger partial charge < -0.3 is 10.2 Å². The summed E-state index contributed by atoms with van der Waals surface area (Å²) in [7, 11) is 0. The molecule has 0 saturated carbocycles. The van der Waals surface area contributed by atoms with Crippen LogP contribution in [0.5, 0.6) is 0 Å². The maximum atomic E-state index is 4.78. The van der Waals surface area contributed by atoms with Crippen LogP contribution in [-0.4, -0.2) is 44.4 Å². The summed E-state index contributed by atoms with van der Waals surface area (Å²) in [6.45, 7) is 11.6. The minimum absolute atomic E-state index is 0.0849. The lowest BCUT2D eigenvalue weighted by molar-refractivity contribution is 0.365. The predicted molar refractivity (Wildman–Crippen MR) is 104 cm³/mol. The summed E-state index contributed by atoms with van der Waals surface area (Å²) in [5.41, 5.74) is 0.716. The maximum absolute atomic E-state index is 4.78. The molecule has 0 amide bonds. The predicted octanol–water partition coefficient (Wildman–Crippen LogP) is 2.67. The molecule has 1 N–H and O–H groups in total. The van der Waals surface area contributed by atoms with Crippen LogP contribution in [0.4, 0.5) is 5.82 Å². The molecule has 0 spiro atoms. The molecule has 0 aromatic carbocycles. The second-order valence-corrected chi connectivity index (χ2v) is 8.93. The Morgan fingerprint density at radius 2 is 2.08 bits per heavy atom. The van der Waals surface area contributed by atoms with Crippen molar-refractivity contribution >= 4 is 22.8 Å². The van der Waals surface area contributed by atoms with Crippen LogP contribution in [-0.2, 0) is 5.41 Å². The van der Waals surface area contributed by atoms with Gasteiger partial charge in [0.1, 0.15) is 10.8 Å². The number of anilines is 1. The molecule has 26 heavy (non-hydrogen) atoms. The molecule has 1 fully saturated rings. The van der Waals surface area contributed by atoms with E-state index in [1.165, 1.54) is 0 Å². The molecular formula is C18H25N7S. The van der Waals surface area contributed by atoms with Gasteiger partial charge in [-0.1, -0.05) is 20.8 Å². The van der Waals surface area contributed by atoms with Crippen LogP contribution in [0.3, 0.4) is 0 Å². The normalized spacial score (nSPS) is 16.8. The molecular weight excluding hydrogens is 346 g/mol. The van der Waals surface area contributed by atoms with Crippen molar-refractivity contribution in [2.45, 2.75) is 39.2 Å². The highest BCUT2D eigenvalue weighted by Gasteiger charge is 2.29. The van der Waals surface area contributed by atoms with E-state index in [0.717, 1.165) is 41.9 Å². The van der Waals surface area contributed by atoms with Crippen LogP contribution in [0.15, 0.2) is 23.7 Å². The monoisotopic (exact) mass is 371 g/mol. The van der Waals surface area contributed by atoms with E-state index < -0.39 is 0 Å². The van der Waals surface area contributed by atoms with E-state index in [0.29, 0.717) is 12.0 Å². The summed E-state index contributed by atoms with van der Waals surface area (Å²) in [4.78, 5) is 6.69. The fourth-order valence-corrected chi connectivity index (χ4v) is 3.85.